The molecular formula is C48H32N2. The molecule has 1 heterocycles. The van der Waals surface area contributed by atoms with Gasteiger partial charge in [0.05, 0.1) is 11.0 Å². The normalized spacial score (nSPS) is 11.6. The second-order valence-electron chi connectivity index (χ2n) is 13.0. The Bertz CT molecular complexity index is 2790. The number of aromatic nitrogens is 1. The molecule has 234 valence electrons. The van der Waals surface area contributed by atoms with Crippen LogP contribution in [0, 0.1) is 0 Å². The molecule has 0 atom stereocenters. The standard InChI is InChI=1S/C48H32N2/c1-4-14-33(15-5-1)34-24-27-41-42-28-25-38(31-45(42)40-21-11-10-20-39(40)44(41)30-34)50-47-23-13-12-22-43(47)46-32-37(26-29-48(46)50)49(35-16-6-2-7-17-35)36-18-8-3-9-19-36/h1-32H. The first-order valence-corrected chi connectivity index (χ1v) is 17.2. The Balaban J connectivity index is 1.19. The first-order valence-electron chi connectivity index (χ1n) is 17.2. The first kappa shape index (κ1) is 28.4. The highest BCUT2D eigenvalue weighted by molar-refractivity contribution is 6.26. The quantitative estimate of drug-likeness (QED) is 0.171. The largest absolute Gasteiger partial charge is 0.310 e. The van der Waals surface area contributed by atoms with Gasteiger partial charge in [0.1, 0.15) is 0 Å². The molecule has 0 bridgehead atoms. The van der Waals surface area contributed by atoms with Gasteiger partial charge >= 0.3 is 0 Å². The lowest BCUT2D eigenvalue weighted by atomic mass is 9.92. The molecule has 0 saturated heterocycles. The van der Waals surface area contributed by atoms with Crippen LogP contribution in [0.3, 0.4) is 0 Å². The van der Waals surface area contributed by atoms with Crippen LogP contribution in [0.5, 0.6) is 0 Å². The summed E-state index contributed by atoms with van der Waals surface area (Å²) in [6, 6.07) is 70.4. The number of para-hydroxylation sites is 3. The fourth-order valence-electron chi connectivity index (χ4n) is 7.87. The molecule has 0 aliphatic heterocycles. The van der Waals surface area contributed by atoms with E-state index in [9.17, 15) is 0 Å². The summed E-state index contributed by atoms with van der Waals surface area (Å²) >= 11 is 0. The number of benzene rings is 9. The van der Waals surface area contributed by atoms with E-state index in [1.807, 2.05) is 0 Å². The first-order chi connectivity index (χ1) is 24.8. The molecule has 0 fully saturated rings. The van der Waals surface area contributed by atoms with Gasteiger partial charge in [0.2, 0.25) is 0 Å². The maximum atomic E-state index is 2.43. The van der Waals surface area contributed by atoms with Crippen molar-refractivity contribution in [2.75, 3.05) is 4.90 Å². The van der Waals surface area contributed by atoms with Crippen molar-refractivity contribution >= 4 is 71.2 Å². The summed E-state index contributed by atoms with van der Waals surface area (Å²) in [5.74, 6) is 0. The molecule has 0 aliphatic rings. The van der Waals surface area contributed by atoms with E-state index in [0.717, 1.165) is 22.7 Å². The number of hydrogen-bond donors (Lipinski definition) is 0. The van der Waals surface area contributed by atoms with Crippen LogP contribution in [0.4, 0.5) is 17.1 Å². The van der Waals surface area contributed by atoms with Crippen molar-refractivity contribution in [2.24, 2.45) is 0 Å². The fraction of sp³-hybridized carbons (Fsp3) is 0. The van der Waals surface area contributed by atoms with Gasteiger partial charge in [0.15, 0.2) is 0 Å². The van der Waals surface area contributed by atoms with Gasteiger partial charge in [-0.2, -0.15) is 0 Å². The zero-order valence-corrected chi connectivity index (χ0v) is 27.4. The predicted molar refractivity (Wildman–Crippen MR) is 213 cm³/mol. The van der Waals surface area contributed by atoms with E-state index in [0.29, 0.717) is 0 Å². The van der Waals surface area contributed by atoms with Gasteiger partial charge in [-0.05, 0) is 110 Å². The van der Waals surface area contributed by atoms with Gasteiger partial charge in [-0.3, -0.25) is 0 Å². The molecule has 9 aromatic carbocycles. The third kappa shape index (κ3) is 4.50. The van der Waals surface area contributed by atoms with Gasteiger partial charge < -0.3 is 9.47 Å². The Morgan fingerprint density at radius 3 is 1.48 bits per heavy atom. The molecule has 0 radical (unpaired) electrons. The molecule has 10 rings (SSSR count). The van der Waals surface area contributed by atoms with E-state index < -0.39 is 0 Å². The summed E-state index contributed by atoms with van der Waals surface area (Å²) in [6.07, 6.45) is 0. The molecule has 1 aromatic heterocycles. The van der Waals surface area contributed by atoms with Crippen LogP contribution in [0.1, 0.15) is 0 Å². The summed E-state index contributed by atoms with van der Waals surface area (Å²) in [5, 5.41) is 10.1. The minimum atomic E-state index is 1.13. The summed E-state index contributed by atoms with van der Waals surface area (Å²) in [7, 11) is 0. The molecule has 0 saturated carbocycles. The van der Waals surface area contributed by atoms with E-state index in [1.165, 1.54) is 65.3 Å². The molecule has 0 spiro atoms. The van der Waals surface area contributed by atoms with Crippen LogP contribution in [0.25, 0.3) is 70.9 Å². The second kappa shape index (κ2) is 11.5. The average Bonchev–Trinajstić information content (AvgIpc) is 3.53. The van der Waals surface area contributed by atoms with E-state index in [2.05, 4.69) is 204 Å². The Morgan fingerprint density at radius 1 is 0.280 bits per heavy atom. The number of hydrogen-bond acceptors (Lipinski definition) is 1. The zero-order valence-electron chi connectivity index (χ0n) is 27.4. The third-order valence-corrected chi connectivity index (χ3v) is 10.1. The van der Waals surface area contributed by atoms with Gasteiger partial charge in [0, 0.05) is 33.5 Å². The van der Waals surface area contributed by atoms with Crippen LogP contribution in [-0.2, 0) is 0 Å². The molecule has 50 heavy (non-hydrogen) atoms. The Morgan fingerprint density at radius 2 is 0.800 bits per heavy atom. The Labute approximate surface area is 290 Å². The van der Waals surface area contributed by atoms with Crippen LogP contribution < -0.4 is 4.90 Å². The van der Waals surface area contributed by atoms with Crippen molar-refractivity contribution in [2.45, 2.75) is 0 Å². The molecule has 0 aliphatic carbocycles. The highest BCUT2D eigenvalue weighted by Crippen LogP contribution is 2.42. The van der Waals surface area contributed by atoms with E-state index in [1.54, 1.807) is 0 Å². The number of anilines is 3. The summed E-state index contributed by atoms with van der Waals surface area (Å²) < 4.78 is 2.43. The van der Waals surface area contributed by atoms with Crippen LogP contribution >= 0.6 is 0 Å². The lowest BCUT2D eigenvalue weighted by Crippen LogP contribution is -2.09. The highest BCUT2D eigenvalue weighted by Gasteiger charge is 2.18. The van der Waals surface area contributed by atoms with Crippen molar-refractivity contribution in [3.63, 3.8) is 0 Å². The molecule has 0 amide bonds. The molecule has 0 unspecified atom stereocenters. The van der Waals surface area contributed by atoms with Crippen molar-refractivity contribution < 1.29 is 0 Å². The van der Waals surface area contributed by atoms with E-state index in [-0.39, 0.29) is 0 Å². The van der Waals surface area contributed by atoms with Crippen LogP contribution in [-0.4, -0.2) is 4.57 Å². The van der Waals surface area contributed by atoms with E-state index in [4.69, 9.17) is 0 Å². The molecule has 2 heteroatoms. The summed E-state index contributed by atoms with van der Waals surface area (Å²) in [6.45, 7) is 0. The smallest absolute Gasteiger partial charge is 0.0542 e. The minimum absolute atomic E-state index is 1.13. The zero-order chi connectivity index (χ0) is 33.0. The maximum absolute atomic E-state index is 2.43. The average molecular weight is 637 g/mol. The monoisotopic (exact) mass is 636 g/mol. The van der Waals surface area contributed by atoms with Crippen molar-refractivity contribution in [3.8, 4) is 16.8 Å². The van der Waals surface area contributed by atoms with Crippen molar-refractivity contribution in [1.82, 2.24) is 4.57 Å². The summed E-state index contributed by atoms with van der Waals surface area (Å²) in [4.78, 5) is 2.34. The molecule has 10 aromatic rings. The predicted octanol–water partition coefficient (Wildman–Crippen LogP) is 13.4. The molecular weight excluding hydrogens is 605 g/mol. The lowest BCUT2D eigenvalue weighted by Gasteiger charge is -2.25. The second-order valence-corrected chi connectivity index (χ2v) is 13.0. The van der Waals surface area contributed by atoms with Gasteiger partial charge in [0.25, 0.3) is 0 Å². The molecule has 0 N–H and O–H groups in total. The van der Waals surface area contributed by atoms with Gasteiger partial charge in [-0.25, -0.2) is 0 Å². The van der Waals surface area contributed by atoms with Crippen LogP contribution in [0.15, 0.2) is 194 Å². The lowest BCUT2D eigenvalue weighted by molar-refractivity contribution is 1.18. The van der Waals surface area contributed by atoms with Crippen molar-refractivity contribution in [1.29, 1.82) is 0 Å². The minimum Gasteiger partial charge on any atom is -0.310 e. The van der Waals surface area contributed by atoms with Crippen molar-refractivity contribution in [3.05, 3.63) is 194 Å². The van der Waals surface area contributed by atoms with Gasteiger partial charge in [-0.1, -0.05) is 127 Å². The van der Waals surface area contributed by atoms with Crippen LogP contribution in [0.2, 0.25) is 0 Å². The SMILES string of the molecule is c1ccc(-c2ccc3c4ccc(-n5c6ccccc6c6cc(N(c7ccccc7)c7ccccc7)ccc65)cc4c4ccccc4c3c2)cc1. The third-order valence-electron chi connectivity index (χ3n) is 10.1. The van der Waals surface area contributed by atoms with E-state index >= 15 is 0 Å². The Kier molecular flexibility index (Phi) is 6.53. The number of nitrogens with zero attached hydrogens (tertiary/aromatic N) is 2. The summed E-state index contributed by atoms with van der Waals surface area (Å²) in [5.41, 5.74) is 9.41. The number of rotatable bonds is 5. The van der Waals surface area contributed by atoms with Gasteiger partial charge in [-0.15, -0.1) is 0 Å². The fourth-order valence-corrected chi connectivity index (χ4v) is 7.87. The highest BCUT2D eigenvalue weighted by atomic mass is 15.1. The topological polar surface area (TPSA) is 8.17 Å². The Hall–Kier alpha value is -6.64. The molecule has 2 nitrogen and oxygen atoms in total. The number of fused-ring (bicyclic) bond motifs is 9. The maximum Gasteiger partial charge on any atom is 0.0542 e.